The third-order valence-corrected chi connectivity index (χ3v) is 6.80. The molecule has 152 valence electrons. The van der Waals surface area contributed by atoms with Gasteiger partial charge in [0.2, 0.25) is 10.0 Å². The van der Waals surface area contributed by atoms with Gasteiger partial charge in [-0.2, -0.15) is 4.31 Å². The summed E-state index contributed by atoms with van der Waals surface area (Å²) in [5.41, 5.74) is -0.582. The minimum Gasteiger partial charge on any atom is -0.444 e. The van der Waals surface area contributed by atoms with Crippen molar-refractivity contribution >= 4 is 38.5 Å². The van der Waals surface area contributed by atoms with Gasteiger partial charge in [0.15, 0.2) is 0 Å². The van der Waals surface area contributed by atoms with Gasteiger partial charge in [0.05, 0.1) is 9.92 Å². The Balaban J connectivity index is 1.71. The zero-order valence-electron chi connectivity index (χ0n) is 16.3. The maximum Gasteiger partial charge on any atom is 0.407 e. The highest BCUT2D eigenvalue weighted by Crippen LogP contribution is 2.34. The van der Waals surface area contributed by atoms with E-state index >= 15 is 0 Å². The number of amides is 1. The van der Waals surface area contributed by atoms with E-state index in [1.807, 2.05) is 6.92 Å². The van der Waals surface area contributed by atoms with Crippen molar-refractivity contribution in [1.82, 2.24) is 14.6 Å². The smallest absolute Gasteiger partial charge is 0.407 e. The lowest BCUT2D eigenvalue weighted by molar-refractivity contribution is 0.0458. The highest BCUT2D eigenvalue weighted by atomic mass is 35.5. The Kier molecular flexibility index (Phi) is 5.58. The van der Waals surface area contributed by atoms with E-state index in [9.17, 15) is 13.2 Å². The van der Waals surface area contributed by atoms with Gasteiger partial charge in [-0.05, 0) is 33.8 Å². The number of rotatable bonds is 4. The number of benzene rings is 1. The van der Waals surface area contributed by atoms with Gasteiger partial charge in [0.1, 0.15) is 5.60 Å². The van der Waals surface area contributed by atoms with Crippen LogP contribution in [0.1, 0.15) is 27.7 Å². The van der Waals surface area contributed by atoms with Gasteiger partial charge in [0.25, 0.3) is 0 Å². The van der Waals surface area contributed by atoms with Gasteiger partial charge in [-0.15, -0.1) is 0 Å². The van der Waals surface area contributed by atoms with E-state index in [0.29, 0.717) is 28.9 Å². The summed E-state index contributed by atoms with van der Waals surface area (Å²) in [6, 6.07) is 4.80. The number of aromatic nitrogens is 1. The van der Waals surface area contributed by atoms with Gasteiger partial charge < -0.3 is 10.1 Å². The number of hydrogen-bond acceptors (Lipinski definition) is 5. The molecule has 1 saturated heterocycles. The molecule has 1 aliphatic rings. The highest BCUT2D eigenvalue weighted by molar-refractivity contribution is 7.89. The number of carbonyl (C=O) groups excluding carboxylic acids is 1. The first-order valence-corrected chi connectivity index (χ1v) is 10.8. The maximum absolute atomic E-state index is 13.1. The molecule has 0 radical (unpaired) electrons. The van der Waals surface area contributed by atoms with Crippen LogP contribution in [-0.4, -0.2) is 48.5 Å². The van der Waals surface area contributed by atoms with Crippen LogP contribution in [0.4, 0.5) is 4.79 Å². The third kappa shape index (κ3) is 4.24. The fraction of sp³-hybridized carbons (Fsp3) is 0.474. The summed E-state index contributed by atoms with van der Waals surface area (Å²) in [6.07, 6.45) is 2.52. The molecule has 9 heteroatoms. The molecule has 7 nitrogen and oxygen atoms in total. The molecule has 0 saturated carbocycles. The van der Waals surface area contributed by atoms with Crippen LogP contribution in [0, 0.1) is 5.92 Å². The van der Waals surface area contributed by atoms with E-state index in [-0.39, 0.29) is 16.9 Å². The van der Waals surface area contributed by atoms with Crippen LogP contribution < -0.4 is 5.32 Å². The van der Waals surface area contributed by atoms with E-state index in [1.165, 1.54) is 10.5 Å². The van der Waals surface area contributed by atoms with E-state index in [1.54, 1.807) is 45.2 Å². The number of nitrogens with one attached hydrogen (secondary N) is 1. The molecular formula is C19H24ClN3O4S. The summed E-state index contributed by atoms with van der Waals surface area (Å²) in [6.45, 7) is 7.86. The second kappa shape index (κ2) is 7.50. The topological polar surface area (TPSA) is 88.6 Å². The van der Waals surface area contributed by atoms with Crippen LogP contribution in [0.15, 0.2) is 35.5 Å². The Morgan fingerprint density at radius 1 is 1.32 bits per heavy atom. The molecule has 1 N–H and O–H groups in total. The molecule has 0 bridgehead atoms. The van der Waals surface area contributed by atoms with Gasteiger partial charge in [0, 0.05) is 48.2 Å². The summed E-state index contributed by atoms with van der Waals surface area (Å²) in [4.78, 5) is 16.1. The average Bonchev–Trinajstić information content (AvgIpc) is 2.50. The number of nitrogens with zero attached hydrogens (tertiary/aromatic N) is 2. The molecule has 3 rings (SSSR count). The number of fused-ring (bicyclic) bond motifs is 1. The monoisotopic (exact) mass is 425 g/mol. The number of carbonyl (C=O) groups is 1. The zero-order valence-corrected chi connectivity index (χ0v) is 17.8. The van der Waals surface area contributed by atoms with Crippen molar-refractivity contribution in [3.63, 3.8) is 0 Å². The molecule has 1 aromatic heterocycles. The van der Waals surface area contributed by atoms with Crippen LogP contribution in [0.5, 0.6) is 0 Å². The number of ether oxygens (including phenoxy) is 1. The predicted molar refractivity (Wildman–Crippen MR) is 108 cm³/mol. The summed E-state index contributed by atoms with van der Waals surface area (Å²) in [5, 5.41) is 4.22. The van der Waals surface area contributed by atoms with Crippen LogP contribution in [0.3, 0.4) is 0 Å². The first-order chi connectivity index (χ1) is 13.0. The standard InChI is InChI=1S/C19H24ClN3O4S/c1-12(22-18(24)27-19(2,3)4)14-10-23(11-14)28(25,26)16-7-5-6-13-8-21-9-15(20)17(13)16/h5-9,12,14H,10-11H2,1-4H3,(H,22,24). The van der Waals surface area contributed by atoms with E-state index in [4.69, 9.17) is 16.3 Å². The van der Waals surface area contributed by atoms with Crippen molar-refractivity contribution < 1.29 is 17.9 Å². The lowest BCUT2D eigenvalue weighted by Gasteiger charge is -2.41. The summed E-state index contributed by atoms with van der Waals surface area (Å²) in [5.74, 6) is 0.00871. The minimum atomic E-state index is -3.70. The summed E-state index contributed by atoms with van der Waals surface area (Å²) in [7, 11) is -3.70. The Morgan fingerprint density at radius 2 is 2.00 bits per heavy atom. The number of sulfonamides is 1. The molecule has 1 aliphatic heterocycles. The van der Waals surface area contributed by atoms with Crippen molar-refractivity contribution in [2.75, 3.05) is 13.1 Å². The highest BCUT2D eigenvalue weighted by Gasteiger charge is 2.40. The SMILES string of the molecule is CC(NC(=O)OC(C)(C)C)C1CN(S(=O)(=O)c2cccc3cncc(Cl)c23)C1. The van der Waals surface area contributed by atoms with Crippen molar-refractivity contribution in [2.45, 2.75) is 44.2 Å². The first-order valence-electron chi connectivity index (χ1n) is 9.01. The second-order valence-corrected chi connectivity index (χ2v) is 10.3. The third-order valence-electron chi connectivity index (χ3n) is 4.64. The molecule has 2 heterocycles. The fourth-order valence-corrected chi connectivity index (χ4v) is 5.22. The first kappa shape index (κ1) is 20.8. The normalized spacial score (nSPS) is 17.2. The van der Waals surface area contributed by atoms with Crippen molar-refractivity contribution in [3.05, 3.63) is 35.6 Å². The van der Waals surface area contributed by atoms with Crippen LogP contribution in [-0.2, 0) is 14.8 Å². The Bertz CT molecular complexity index is 993. The van der Waals surface area contributed by atoms with Gasteiger partial charge in [-0.1, -0.05) is 23.7 Å². The average molecular weight is 426 g/mol. The number of hydrogen-bond donors (Lipinski definition) is 1. The van der Waals surface area contributed by atoms with Crippen LogP contribution >= 0.6 is 11.6 Å². The number of alkyl carbamates (subject to hydrolysis) is 1. The van der Waals surface area contributed by atoms with Crippen LogP contribution in [0.2, 0.25) is 5.02 Å². The molecule has 1 amide bonds. The Morgan fingerprint density at radius 3 is 2.64 bits per heavy atom. The quantitative estimate of drug-likeness (QED) is 0.810. The van der Waals surface area contributed by atoms with Gasteiger partial charge in [-0.3, -0.25) is 4.98 Å². The fourth-order valence-electron chi connectivity index (χ4n) is 3.11. The molecule has 2 aromatic rings. The lowest BCUT2D eigenvalue weighted by atomic mass is 9.95. The zero-order chi connectivity index (χ0) is 20.7. The van der Waals surface area contributed by atoms with Crippen molar-refractivity contribution in [3.8, 4) is 0 Å². The van der Waals surface area contributed by atoms with E-state index < -0.39 is 21.7 Å². The van der Waals surface area contributed by atoms with E-state index in [2.05, 4.69) is 10.3 Å². The molecule has 1 aromatic carbocycles. The second-order valence-electron chi connectivity index (χ2n) is 7.99. The predicted octanol–water partition coefficient (Wildman–Crippen LogP) is 3.42. The number of pyridine rings is 1. The van der Waals surface area contributed by atoms with Gasteiger partial charge in [-0.25, -0.2) is 13.2 Å². The Hall–Kier alpha value is -1.90. The molecular weight excluding hydrogens is 402 g/mol. The summed E-state index contributed by atoms with van der Waals surface area (Å²) >= 11 is 6.22. The molecule has 1 unspecified atom stereocenters. The molecule has 1 fully saturated rings. The van der Waals surface area contributed by atoms with Crippen LogP contribution in [0.25, 0.3) is 10.8 Å². The number of halogens is 1. The van der Waals surface area contributed by atoms with Crippen molar-refractivity contribution in [2.24, 2.45) is 5.92 Å². The molecule has 0 spiro atoms. The molecule has 1 atom stereocenters. The van der Waals surface area contributed by atoms with Gasteiger partial charge >= 0.3 is 6.09 Å². The minimum absolute atomic E-state index is 0.00871. The summed E-state index contributed by atoms with van der Waals surface area (Å²) < 4.78 is 32.8. The lowest BCUT2D eigenvalue weighted by Crippen LogP contribution is -2.57. The molecule has 0 aliphatic carbocycles. The maximum atomic E-state index is 13.1. The Labute approximate surface area is 170 Å². The van der Waals surface area contributed by atoms with Crippen molar-refractivity contribution in [1.29, 1.82) is 0 Å². The van der Waals surface area contributed by atoms with E-state index in [0.717, 1.165) is 0 Å². The largest absolute Gasteiger partial charge is 0.444 e. The molecule has 28 heavy (non-hydrogen) atoms.